The van der Waals surface area contributed by atoms with Crippen LogP contribution in [-0.2, 0) is 26.8 Å². The lowest BCUT2D eigenvalue weighted by Gasteiger charge is -2.08. The Morgan fingerprint density at radius 3 is 1.96 bits per heavy atom. The molecule has 2 aromatic carbocycles. The second kappa shape index (κ2) is 6.96. The fraction of sp³-hybridized carbons (Fsp3) is 0.278. The number of aliphatic carboxylic acids is 1. The number of hydrogen-bond donors (Lipinski definition) is 1. The van der Waals surface area contributed by atoms with Gasteiger partial charge in [0.1, 0.15) is 0 Å². The molecule has 0 unspecified atom stereocenters. The number of benzene rings is 2. The topological polar surface area (TPSA) is 71.4 Å². The van der Waals surface area contributed by atoms with Gasteiger partial charge in [0, 0.05) is 0 Å². The van der Waals surface area contributed by atoms with Gasteiger partial charge < -0.3 is 5.11 Å². The Morgan fingerprint density at radius 2 is 1.48 bits per heavy atom. The summed E-state index contributed by atoms with van der Waals surface area (Å²) in [6, 6.07) is 13.6. The first-order valence-electron chi connectivity index (χ1n) is 7.40. The first-order valence-corrected chi connectivity index (χ1v) is 9.05. The van der Waals surface area contributed by atoms with Crippen molar-refractivity contribution < 1.29 is 18.3 Å². The van der Waals surface area contributed by atoms with Crippen molar-refractivity contribution in [3.05, 3.63) is 65.2 Å². The highest BCUT2D eigenvalue weighted by molar-refractivity contribution is 7.90. The maximum atomic E-state index is 12.5. The van der Waals surface area contributed by atoms with E-state index in [9.17, 15) is 13.2 Å². The summed E-state index contributed by atoms with van der Waals surface area (Å²) in [5.74, 6) is -0.648. The number of sulfone groups is 1. The van der Waals surface area contributed by atoms with Crippen LogP contribution in [0.3, 0.4) is 0 Å². The van der Waals surface area contributed by atoms with E-state index in [1.165, 1.54) is 0 Å². The summed E-state index contributed by atoms with van der Waals surface area (Å²) >= 11 is 0. The highest BCUT2D eigenvalue weighted by Crippen LogP contribution is 2.20. The minimum Gasteiger partial charge on any atom is -0.481 e. The number of carbonyl (C=O) groups is 1. The standard InChI is InChI=1S/C18H20O4S/c1-13(2)16-7-9-17(10-8-16)23(21,22)12-15-5-3-14(4-6-15)11-18(19)20/h3-10,13H,11-12H2,1-2H3,(H,19,20). The summed E-state index contributed by atoms with van der Waals surface area (Å²) in [6.07, 6.45) is -0.0658. The molecule has 0 saturated carbocycles. The minimum absolute atomic E-state index is 0.0658. The van der Waals surface area contributed by atoms with E-state index in [4.69, 9.17) is 5.11 Å². The van der Waals surface area contributed by atoms with Gasteiger partial charge in [-0.25, -0.2) is 8.42 Å². The average molecular weight is 332 g/mol. The maximum absolute atomic E-state index is 12.5. The molecule has 0 spiro atoms. The number of hydrogen-bond acceptors (Lipinski definition) is 3. The van der Waals surface area contributed by atoms with Crippen LogP contribution in [0.5, 0.6) is 0 Å². The molecule has 0 aliphatic heterocycles. The van der Waals surface area contributed by atoms with Crippen molar-refractivity contribution in [1.82, 2.24) is 0 Å². The molecule has 0 saturated heterocycles. The van der Waals surface area contributed by atoms with Gasteiger partial charge in [-0.15, -0.1) is 0 Å². The molecule has 0 aromatic heterocycles. The van der Waals surface area contributed by atoms with Crippen LogP contribution in [0.1, 0.15) is 36.5 Å². The largest absolute Gasteiger partial charge is 0.481 e. The van der Waals surface area contributed by atoms with Crippen LogP contribution < -0.4 is 0 Å². The maximum Gasteiger partial charge on any atom is 0.307 e. The van der Waals surface area contributed by atoms with Crippen LogP contribution in [0.2, 0.25) is 0 Å². The van der Waals surface area contributed by atoms with Crippen LogP contribution in [-0.4, -0.2) is 19.5 Å². The van der Waals surface area contributed by atoms with Crippen molar-refractivity contribution in [2.24, 2.45) is 0 Å². The SMILES string of the molecule is CC(C)c1ccc(S(=O)(=O)Cc2ccc(CC(=O)O)cc2)cc1. The summed E-state index contributed by atoms with van der Waals surface area (Å²) in [5.41, 5.74) is 2.40. The van der Waals surface area contributed by atoms with Crippen molar-refractivity contribution >= 4 is 15.8 Å². The number of rotatable bonds is 6. The summed E-state index contributed by atoms with van der Waals surface area (Å²) in [5, 5.41) is 8.74. The highest BCUT2D eigenvalue weighted by atomic mass is 32.2. The monoisotopic (exact) mass is 332 g/mol. The minimum atomic E-state index is -3.41. The van der Waals surface area contributed by atoms with Gasteiger partial charge >= 0.3 is 5.97 Å². The molecule has 0 heterocycles. The first-order chi connectivity index (χ1) is 10.8. The highest BCUT2D eigenvalue weighted by Gasteiger charge is 2.15. The fourth-order valence-electron chi connectivity index (χ4n) is 2.29. The Labute approximate surface area is 136 Å². The molecule has 0 amide bonds. The molecule has 5 heteroatoms. The van der Waals surface area contributed by atoms with E-state index >= 15 is 0 Å². The molecule has 122 valence electrons. The molecular formula is C18H20O4S. The fourth-order valence-corrected chi connectivity index (χ4v) is 3.64. The molecule has 0 fully saturated rings. The van der Waals surface area contributed by atoms with Crippen LogP contribution in [0.25, 0.3) is 0 Å². The Morgan fingerprint density at radius 1 is 0.957 bits per heavy atom. The van der Waals surface area contributed by atoms with Gasteiger partial charge in [0.25, 0.3) is 0 Å². The predicted molar refractivity (Wildman–Crippen MR) is 89.2 cm³/mol. The summed E-state index contributed by atoms with van der Waals surface area (Å²) in [7, 11) is -3.41. The van der Waals surface area contributed by atoms with Crippen LogP contribution >= 0.6 is 0 Å². The van der Waals surface area contributed by atoms with Crippen molar-refractivity contribution in [1.29, 1.82) is 0 Å². The molecule has 1 N–H and O–H groups in total. The normalized spacial score (nSPS) is 11.6. The van der Waals surface area contributed by atoms with Crippen molar-refractivity contribution in [3.63, 3.8) is 0 Å². The third-order valence-corrected chi connectivity index (χ3v) is 5.34. The van der Waals surface area contributed by atoms with E-state index < -0.39 is 15.8 Å². The molecule has 0 atom stereocenters. The zero-order chi connectivity index (χ0) is 17.0. The Hall–Kier alpha value is -2.14. The predicted octanol–water partition coefficient (Wildman–Crippen LogP) is 3.41. The Bertz CT molecular complexity index is 773. The van der Waals surface area contributed by atoms with Crippen LogP contribution in [0.4, 0.5) is 0 Å². The molecule has 2 rings (SSSR count). The van der Waals surface area contributed by atoms with Crippen LogP contribution in [0, 0.1) is 0 Å². The number of carboxylic acids is 1. The van der Waals surface area contributed by atoms with Gasteiger partial charge in [0.2, 0.25) is 0 Å². The van der Waals surface area contributed by atoms with E-state index in [0.29, 0.717) is 21.9 Å². The lowest BCUT2D eigenvalue weighted by Crippen LogP contribution is -2.06. The third kappa shape index (κ3) is 4.66. The zero-order valence-corrected chi connectivity index (χ0v) is 14.0. The Balaban J connectivity index is 2.15. The van der Waals surface area contributed by atoms with Gasteiger partial charge in [-0.2, -0.15) is 0 Å². The lowest BCUT2D eigenvalue weighted by molar-refractivity contribution is -0.136. The Kier molecular flexibility index (Phi) is 5.21. The second-order valence-corrected chi connectivity index (χ2v) is 7.86. The van der Waals surface area contributed by atoms with Gasteiger partial charge in [-0.3, -0.25) is 4.79 Å². The van der Waals surface area contributed by atoms with Gasteiger partial charge in [0.05, 0.1) is 17.1 Å². The summed E-state index contributed by atoms with van der Waals surface area (Å²) in [6.45, 7) is 4.12. The molecule has 2 aromatic rings. The smallest absolute Gasteiger partial charge is 0.307 e. The van der Waals surface area contributed by atoms with E-state index in [1.807, 2.05) is 12.1 Å². The lowest BCUT2D eigenvalue weighted by atomic mass is 10.0. The zero-order valence-electron chi connectivity index (χ0n) is 13.2. The average Bonchev–Trinajstić information content (AvgIpc) is 2.48. The van der Waals surface area contributed by atoms with E-state index in [2.05, 4.69) is 13.8 Å². The molecule has 0 aliphatic rings. The molecule has 0 bridgehead atoms. The van der Waals surface area contributed by atoms with Gasteiger partial charge in [-0.1, -0.05) is 50.2 Å². The molecule has 0 radical (unpaired) electrons. The van der Waals surface area contributed by atoms with Crippen LogP contribution in [0.15, 0.2) is 53.4 Å². The van der Waals surface area contributed by atoms with Gasteiger partial charge in [0.15, 0.2) is 9.84 Å². The summed E-state index contributed by atoms with van der Waals surface area (Å²) in [4.78, 5) is 10.9. The van der Waals surface area contributed by atoms with E-state index in [0.717, 1.165) is 5.56 Å². The quantitative estimate of drug-likeness (QED) is 0.880. The molecule has 23 heavy (non-hydrogen) atoms. The molecule has 0 aliphatic carbocycles. The third-order valence-electron chi connectivity index (χ3n) is 3.64. The molecular weight excluding hydrogens is 312 g/mol. The van der Waals surface area contributed by atoms with Crippen molar-refractivity contribution in [2.75, 3.05) is 0 Å². The summed E-state index contributed by atoms with van der Waals surface area (Å²) < 4.78 is 24.9. The van der Waals surface area contributed by atoms with E-state index in [-0.39, 0.29) is 12.2 Å². The van der Waals surface area contributed by atoms with Gasteiger partial charge in [-0.05, 0) is 34.7 Å². The van der Waals surface area contributed by atoms with Crippen molar-refractivity contribution in [3.8, 4) is 0 Å². The number of carboxylic acid groups (broad SMARTS) is 1. The molecule has 4 nitrogen and oxygen atoms in total. The van der Waals surface area contributed by atoms with Crippen molar-refractivity contribution in [2.45, 2.75) is 36.8 Å². The van der Waals surface area contributed by atoms with E-state index in [1.54, 1.807) is 36.4 Å². The first kappa shape index (κ1) is 17.2. The second-order valence-electron chi connectivity index (χ2n) is 5.87.